The normalized spacial score (nSPS) is 22.5. The summed E-state index contributed by atoms with van der Waals surface area (Å²) in [4.78, 5) is 13.4. The molecule has 0 aliphatic carbocycles. The van der Waals surface area contributed by atoms with Gasteiger partial charge in [0.2, 0.25) is 5.91 Å². The molecular formula is C14H18ClFN2O3. The van der Waals surface area contributed by atoms with Crippen molar-refractivity contribution in [3.63, 3.8) is 0 Å². The van der Waals surface area contributed by atoms with Gasteiger partial charge in [-0.15, -0.1) is 0 Å². The number of carbonyl (C=O) groups excluding carboxylic acids is 1. The van der Waals surface area contributed by atoms with Gasteiger partial charge < -0.3 is 15.2 Å². The van der Waals surface area contributed by atoms with Gasteiger partial charge in [-0.1, -0.05) is 17.7 Å². The summed E-state index contributed by atoms with van der Waals surface area (Å²) in [6.07, 6.45) is -0.648. The molecule has 1 aliphatic rings. The van der Waals surface area contributed by atoms with E-state index in [4.69, 9.17) is 16.3 Å². The van der Waals surface area contributed by atoms with E-state index in [1.165, 1.54) is 19.2 Å². The molecule has 1 fully saturated rings. The highest BCUT2D eigenvalue weighted by molar-refractivity contribution is 6.31. The molecule has 0 unspecified atom stereocenters. The van der Waals surface area contributed by atoms with E-state index in [-0.39, 0.29) is 24.4 Å². The number of aliphatic hydroxyl groups is 1. The van der Waals surface area contributed by atoms with Crippen molar-refractivity contribution in [3.05, 3.63) is 34.6 Å². The second kappa shape index (κ2) is 7.17. The van der Waals surface area contributed by atoms with E-state index in [9.17, 15) is 14.3 Å². The Bertz CT molecular complexity index is 515. The molecule has 21 heavy (non-hydrogen) atoms. The summed E-state index contributed by atoms with van der Waals surface area (Å²) in [6, 6.07) is 3.90. The first kappa shape index (κ1) is 16.2. The summed E-state index contributed by atoms with van der Waals surface area (Å²) in [6.45, 7) is 1.38. The van der Waals surface area contributed by atoms with Gasteiger partial charge in [-0.25, -0.2) is 4.39 Å². The van der Waals surface area contributed by atoms with E-state index >= 15 is 0 Å². The van der Waals surface area contributed by atoms with Gasteiger partial charge in [0, 0.05) is 31.8 Å². The number of aliphatic hydroxyl groups excluding tert-OH is 1. The van der Waals surface area contributed by atoms with Crippen molar-refractivity contribution in [1.82, 2.24) is 10.2 Å². The number of likely N-dealkylation sites (tertiary alicyclic amines) is 1. The number of ether oxygens (including phenoxy) is 1. The van der Waals surface area contributed by atoms with Gasteiger partial charge in [-0.05, 0) is 17.7 Å². The Morgan fingerprint density at radius 1 is 1.57 bits per heavy atom. The zero-order valence-electron chi connectivity index (χ0n) is 11.7. The van der Waals surface area contributed by atoms with Crippen molar-refractivity contribution in [3.8, 4) is 0 Å². The van der Waals surface area contributed by atoms with E-state index in [1.54, 1.807) is 6.07 Å². The number of rotatable bonds is 5. The van der Waals surface area contributed by atoms with Gasteiger partial charge in [-0.2, -0.15) is 0 Å². The highest BCUT2D eigenvalue weighted by atomic mass is 35.5. The van der Waals surface area contributed by atoms with Crippen molar-refractivity contribution in [2.75, 3.05) is 26.8 Å². The number of hydrogen-bond acceptors (Lipinski definition) is 4. The summed E-state index contributed by atoms with van der Waals surface area (Å²) < 4.78 is 17.7. The molecule has 116 valence electrons. The lowest BCUT2D eigenvalue weighted by molar-refractivity contribution is -0.125. The molecule has 1 aromatic rings. The van der Waals surface area contributed by atoms with Crippen LogP contribution in [-0.4, -0.2) is 54.9 Å². The molecule has 0 radical (unpaired) electrons. The molecule has 0 spiro atoms. The third kappa shape index (κ3) is 4.38. The highest BCUT2D eigenvalue weighted by Crippen LogP contribution is 2.21. The van der Waals surface area contributed by atoms with Crippen LogP contribution in [0.1, 0.15) is 5.56 Å². The Balaban J connectivity index is 1.93. The largest absolute Gasteiger partial charge is 0.390 e. The number of halogens is 2. The molecule has 2 atom stereocenters. The highest BCUT2D eigenvalue weighted by Gasteiger charge is 2.32. The number of nitrogens with zero attached hydrogens (tertiary/aromatic N) is 1. The van der Waals surface area contributed by atoms with Crippen molar-refractivity contribution >= 4 is 17.5 Å². The first-order valence-electron chi connectivity index (χ1n) is 6.62. The summed E-state index contributed by atoms with van der Waals surface area (Å²) in [5.74, 6) is -0.641. The first-order chi connectivity index (χ1) is 9.99. The SMILES string of the molecule is COCC(=O)N[C@@H]1CN(Cc2ccc(F)cc2Cl)C[C@H]1O. The smallest absolute Gasteiger partial charge is 0.246 e. The van der Waals surface area contributed by atoms with Crippen LogP contribution in [0.15, 0.2) is 18.2 Å². The van der Waals surface area contributed by atoms with Crippen LogP contribution in [0, 0.1) is 5.82 Å². The van der Waals surface area contributed by atoms with E-state index in [1.807, 2.05) is 4.90 Å². The first-order valence-corrected chi connectivity index (χ1v) is 7.00. The Morgan fingerprint density at radius 3 is 3.00 bits per heavy atom. The van der Waals surface area contributed by atoms with E-state index in [2.05, 4.69) is 5.32 Å². The minimum absolute atomic E-state index is 0.0347. The molecule has 1 saturated heterocycles. The quantitative estimate of drug-likeness (QED) is 0.843. The third-order valence-corrected chi connectivity index (χ3v) is 3.75. The average Bonchev–Trinajstić information content (AvgIpc) is 2.73. The molecule has 0 bridgehead atoms. The predicted molar refractivity (Wildman–Crippen MR) is 76.5 cm³/mol. The zero-order valence-corrected chi connectivity index (χ0v) is 12.4. The Morgan fingerprint density at radius 2 is 2.33 bits per heavy atom. The van der Waals surface area contributed by atoms with Crippen LogP contribution in [-0.2, 0) is 16.1 Å². The molecule has 1 amide bonds. The number of hydrogen-bond donors (Lipinski definition) is 2. The molecule has 2 N–H and O–H groups in total. The number of amides is 1. The lowest BCUT2D eigenvalue weighted by Crippen LogP contribution is -2.44. The number of β-amino-alcohol motifs (C(OH)–C–C–N with tert-alkyl or cyclic N) is 1. The standard InChI is InChI=1S/C14H18ClFN2O3/c1-21-8-14(20)17-12-6-18(7-13(12)19)5-9-2-3-10(16)4-11(9)15/h2-4,12-13,19H,5-8H2,1H3,(H,17,20)/t12-,13-/m1/s1. The van der Waals surface area contributed by atoms with Crippen molar-refractivity contribution in [2.24, 2.45) is 0 Å². The fourth-order valence-electron chi connectivity index (χ4n) is 2.41. The number of benzene rings is 1. The van der Waals surface area contributed by atoms with Crippen molar-refractivity contribution in [2.45, 2.75) is 18.7 Å². The third-order valence-electron chi connectivity index (χ3n) is 3.40. The monoisotopic (exact) mass is 316 g/mol. The summed E-state index contributed by atoms with van der Waals surface area (Å²) in [5.41, 5.74) is 0.786. The van der Waals surface area contributed by atoms with Gasteiger partial charge in [0.25, 0.3) is 0 Å². The lowest BCUT2D eigenvalue weighted by Gasteiger charge is -2.17. The average molecular weight is 317 g/mol. The maximum absolute atomic E-state index is 13.0. The minimum atomic E-state index is -0.648. The summed E-state index contributed by atoms with van der Waals surface area (Å²) in [5, 5.41) is 13.1. The van der Waals surface area contributed by atoms with Crippen LogP contribution >= 0.6 is 11.6 Å². The lowest BCUT2D eigenvalue weighted by atomic mass is 10.2. The second-order valence-electron chi connectivity index (χ2n) is 5.10. The van der Waals surface area contributed by atoms with Gasteiger partial charge in [0.1, 0.15) is 12.4 Å². The van der Waals surface area contributed by atoms with E-state index in [0.717, 1.165) is 5.56 Å². The maximum Gasteiger partial charge on any atom is 0.246 e. The van der Waals surface area contributed by atoms with Crippen molar-refractivity contribution in [1.29, 1.82) is 0 Å². The summed E-state index contributed by atoms with van der Waals surface area (Å²) in [7, 11) is 1.44. The predicted octanol–water partition coefficient (Wildman–Crippen LogP) is 0.787. The molecule has 1 aromatic carbocycles. The van der Waals surface area contributed by atoms with Gasteiger partial charge in [0.15, 0.2) is 0 Å². The Hall–Kier alpha value is -1.21. The minimum Gasteiger partial charge on any atom is -0.390 e. The van der Waals surface area contributed by atoms with Crippen LogP contribution in [0.25, 0.3) is 0 Å². The van der Waals surface area contributed by atoms with E-state index in [0.29, 0.717) is 24.7 Å². The van der Waals surface area contributed by atoms with Crippen LogP contribution in [0.2, 0.25) is 5.02 Å². The maximum atomic E-state index is 13.0. The molecular weight excluding hydrogens is 299 g/mol. The van der Waals surface area contributed by atoms with Crippen LogP contribution in [0.4, 0.5) is 4.39 Å². The molecule has 0 aromatic heterocycles. The second-order valence-corrected chi connectivity index (χ2v) is 5.51. The van der Waals surface area contributed by atoms with Gasteiger partial charge in [-0.3, -0.25) is 9.69 Å². The molecule has 7 heteroatoms. The Kier molecular flexibility index (Phi) is 5.52. The molecule has 5 nitrogen and oxygen atoms in total. The summed E-state index contributed by atoms with van der Waals surface area (Å²) >= 11 is 5.99. The topological polar surface area (TPSA) is 61.8 Å². The van der Waals surface area contributed by atoms with Crippen LogP contribution in [0.3, 0.4) is 0 Å². The Labute approximate surface area is 127 Å². The molecule has 1 heterocycles. The fourth-order valence-corrected chi connectivity index (χ4v) is 2.63. The molecule has 1 aliphatic heterocycles. The van der Waals surface area contributed by atoms with Crippen LogP contribution in [0.5, 0.6) is 0 Å². The van der Waals surface area contributed by atoms with Crippen molar-refractivity contribution < 1.29 is 19.0 Å². The number of nitrogens with one attached hydrogen (secondary N) is 1. The number of methoxy groups -OCH3 is 1. The molecule has 2 rings (SSSR count). The molecule has 0 saturated carbocycles. The van der Waals surface area contributed by atoms with Gasteiger partial charge in [0.05, 0.1) is 12.1 Å². The van der Waals surface area contributed by atoms with Crippen LogP contribution < -0.4 is 5.32 Å². The zero-order chi connectivity index (χ0) is 15.4. The van der Waals surface area contributed by atoms with Gasteiger partial charge >= 0.3 is 0 Å². The number of carbonyl (C=O) groups is 1. The van der Waals surface area contributed by atoms with E-state index < -0.39 is 6.10 Å². The fraction of sp³-hybridized carbons (Fsp3) is 0.500.